The van der Waals surface area contributed by atoms with Gasteiger partial charge in [-0.15, -0.1) is 15.0 Å². The number of aromatic hydroxyl groups is 1. The quantitative estimate of drug-likeness (QED) is 0.752. The van der Waals surface area contributed by atoms with Crippen molar-refractivity contribution in [3.05, 3.63) is 47.5 Å². The first-order chi connectivity index (χ1) is 11.4. The molecule has 1 heterocycles. The van der Waals surface area contributed by atoms with Crippen LogP contribution in [-0.2, 0) is 11.8 Å². The molecule has 0 aliphatic rings. The van der Waals surface area contributed by atoms with E-state index in [4.69, 9.17) is 0 Å². The van der Waals surface area contributed by atoms with Crippen LogP contribution in [0.15, 0.2) is 36.4 Å². The SMILES string of the molecule is CCCCc1cc(C(C)(C)C)cc(-n2nc3ccccc3n2)c1O. The molecule has 0 unspecified atom stereocenters. The van der Waals surface area contributed by atoms with Crippen molar-refractivity contribution in [1.82, 2.24) is 15.0 Å². The Labute approximate surface area is 143 Å². The molecule has 4 heteroatoms. The Balaban J connectivity index is 2.17. The first-order valence-electron chi connectivity index (χ1n) is 8.59. The van der Waals surface area contributed by atoms with Gasteiger partial charge in [-0.05, 0) is 47.6 Å². The average molecular weight is 323 g/mol. The van der Waals surface area contributed by atoms with Crippen LogP contribution in [0.3, 0.4) is 0 Å². The van der Waals surface area contributed by atoms with Crippen LogP contribution in [0.4, 0.5) is 0 Å². The Kier molecular flexibility index (Phi) is 4.31. The van der Waals surface area contributed by atoms with Gasteiger partial charge in [0.05, 0.1) is 0 Å². The van der Waals surface area contributed by atoms with Crippen molar-refractivity contribution < 1.29 is 5.11 Å². The lowest BCUT2D eigenvalue weighted by atomic mass is 9.85. The highest BCUT2D eigenvalue weighted by atomic mass is 16.3. The number of nitrogens with zero attached hydrogens (tertiary/aromatic N) is 3. The van der Waals surface area contributed by atoms with Gasteiger partial charge in [0.1, 0.15) is 22.5 Å². The van der Waals surface area contributed by atoms with E-state index in [2.05, 4.69) is 44.0 Å². The lowest BCUT2D eigenvalue weighted by Crippen LogP contribution is -2.13. The van der Waals surface area contributed by atoms with Crippen LogP contribution in [0, 0.1) is 0 Å². The molecule has 0 bridgehead atoms. The average Bonchev–Trinajstić information content (AvgIpc) is 2.96. The first-order valence-corrected chi connectivity index (χ1v) is 8.59. The van der Waals surface area contributed by atoms with Gasteiger partial charge >= 0.3 is 0 Å². The van der Waals surface area contributed by atoms with E-state index in [1.807, 2.05) is 30.3 Å². The highest BCUT2D eigenvalue weighted by molar-refractivity contribution is 5.73. The molecule has 1 aromatic heterocycles. The van der Waals surface area contributed by atoms with E-state index in [9.17, 15) is 5.11 Å². The topological polar surface area (TPSA) is 50.9 Å². The van der Waals surface area contributed by atoms with Crippen molar-refractivity contribution in [2.75, 3.05) is 0 Å². The van der Waals surface area contributed by atoms with E-state index in [-0.39, 0.29) is 11.2 Å². The fraction of sp³-hybridized carbons (Fsp3) is 0.400. The summed E-state index contributed by atoms with van der Waals surface area (Å²) in [5, 5.41) is 19.9. The second-order valence-corrected chi connectivity index (χ2v) is 7.33. The number of aryl methyl sites for hydroxylation is 1. The number of rotatable bonds is 4. The zero-order chi connectivity index (χ0) is 17.3. The van der Waals surface area contributed by atoms with Crippen molar-refractivity contribution >= 4 is 11.0 Å². The van der Waals surface area contributed by atoms with Crippen LogP contribution in [0.25, 0.3) is 16.7 Å². The largest absolute Gasteiger partial charge is 0.505 e. The third-order valence-corrected chi connectivity index (χ3v) is 4.34. The van der Waals surface area contributed by atoms with Crippen molar-refractivity contribution in [2.24, 2.45) is 0 Å². The predicted octanol–water partition coefficient (Wildman–Crippen LogP) is 4.77. The summed E-state index contributed by atoms with van der Waals surface area (Å²) in [5.41, 5.74) is 4.46. The smallest absolute Gasteiger partial charge is 0.146 e. The van der Waals surface area contributed by atoms with Gasteiger partial charge in [-0.3, -0.25) is 0 Å². The zero-order valence-electron chi connectivity index (χ0n) is 14.9. The zero-order valence-corrected chi connectivity index (χ0v) is 14.9. The molecule has 0 fully saturated rings. The van der Waals surface area contributed by atoms with Crippen LogP contribution in [-0.4, -0.2) is 20.1 Å². The number of hydrogen-bond donors (Lipinski definition) is 1. The lowest BCUT2D eigenvalue weighted by molar-refractivity contribution is 0.457. The van der Waals surface area contributed by atoms with Gasteiger partial charge in [-0.1, -0.05) is 52.3 Å². The number of phenolic OH excluding ortho intramolecular Hbond substituents is 1. The molecular formula is C20H25N3O. The Morgan fingerprint density at radius 1 is 1.04 bits per heavy atom. The van der Waals surface area contributed by atoms with Gasteiger partial charge in [0.25, 0.3) is 0 Å². The maximum atomic E-state index is 10.8. The van der Waals surface area contributed by atoms with Gasteiger partial charge < -0.3 is 5.11 Å². The predicted molar refractivity (Wildman–Crippen MR) is 97.8 cm³/mol. The monoisotopic (exact) mass is 323 g/mol. The highest BCUT2D eigenvalue weighted by Gasteiger charge is 2.20. The molecule has 3 rings (SSSR count). The highest BCUT2D eigenvalue weighted by Crippen LogP contribution is 2.34. The molecule has 24 heavy (non-hydrogen) atoms. The van der Waals surface area contributed by atoms with Gasteiger partial charge in [0.15, 0.2) is 0 Å². The molecule has 0 atom stereocenters. The molecule has 0 saturated carbocycles. The number of benzene rings is 2. The third kappa shape index (κ3) is 3.14. The van der Waals surface area contributed by atoms with Gasteiger partial charge in [-0.2, -0.15) is 0 Å². The summed E-state index contributed by atoms with van der Waals surface area (Å²) < 4.78 is 0. The number of aromatic nitrogens is 3. The molecule has 0 aliphatic heterocycles. The van der Waals surface area contributed by atoms with Gasteiger partial charge in [0, 0.05) is 0 Å². The van der Waals surface area contributed by atoms with Crippen molar-refractivity contribution in [3.63, 3.8) is 0 Å². The summed E-state index contributed by atoms with van der Waals surface area (Å²) in [6.07, 6.45) is 3.01. The van der Waals surface area contributed by atoms with E-state index >= 15 is 0 Å². The number of unbranched alkanes of at least 4 members (excludes halogenated alkanes) is 1. The van der Waals surface area contributed by atoms with Crippen LogP contribution >= 0.6 is 0 Å². The summed E-state index contributed by atoms with van der Waals surface area (Å²) in [7, 11) is 0. The summed E-state index contributed by atoms with van der Waals surface area (Å²) in [5.74, 6) is 0.289. The van der Waals surface area contributed by atoms with Crippen molar-refractivity contribution in [2.45, 2.75) is 52.4 Å². The number of fused-ring (bicyclic) bond motifs is 1. The maximum Gasteiger partial charge on any atom is 0.146 e. The minimum atomic E-state index is -0.00398. The molecule has 126 valence electrons. The van der Waals surface area contributed by atoms with Gasteiger partial charge in [0.2, 0.25) is 0 Å². The summed E-state index contributed by atoms with van der Waals surface area (Å²) in [4.78, 5) is 1.56. The molecule has 1 N–H and O–H groups in total. The standard InChI is InChI=1S/C20H25N3O/c1-5-6-9-14-12-15(20(2,3)4)13-18(19(14)24)23-21-16-10-7-8-11-17(16)22-23/h7-8,10-13,24H,5-6,9H2,1-4H3. The van der Waals surface area contributed by atoms with Crippen molar-refractivity contribution in [3.8, 4) is 11.4 Å². The molecule has 3 aromatic rings. The molecular weight excluding hydrogens is 298 g/mol. The summed E-state index contributed by atoms with van der Waals surface area (Å²) >= 11 is 0. The number of phenols is 1. The molecule has 0 aliphatic carbocycles. The Morgan fingerprint density at radius 2 is 1.67 bits per heavy atom. The Morgan fingerprint density at radius 3 is 2.21 bits per heavy atom. The second kappa shape index (κ2) is 6.27. The van der Waals surface area contributed by atoms with E-state index in [1.54, 1.807) is 4.80 Å². The molecule has 0 radical (unpaired) electrons. The minimum Gasteiger partial charge on any atom is -0.505 e. The molecule has 0 spiro atoms. The van der Waals surface area contributed by atoms with Crippen LogP contribution < -0.4 is 0 Å². The van der Waals surface area contributed by atoms with Crippen LogP contribution in [0.5, 0.6) is 5.75 Å². The van der Waals surface area contributed by atoms with E-state index < -0.39 is 0 Å². The lowest BCUT2D eigenvalue weighted by Gasteiger charge is -2.22. The summed E-state index contributed by atoms with van der Waals surface area (Å²) in [6, 6.07) is 11.9. The molecule has 4 nitrogen and oxygen atoms in total. The Hall–Kier alpha value is -2.36. The maximum absolute atomic E-state index is 10.8. The van der Waals surface area contributed by atoms with E-state index in [1.165, 1.54) is 5.56 Å². The Bertz CT molecular complexity index is 826. The fourth-order valence-corrected chi connectivity index (χ4v) is 2.79. The third-order valence-electron chi connectivity index (χ3n) is 4.34. The van der Waals surface area contributed by atoms with Crippen molar-refractivity contribution in [1.29, 1.82) is 0 Å². The molecule has 0 saturated heterocycles. The second-order valence-electron chi connectivity index (χ2n) is 7.33. The first kappa shape index (κ1) is 16.5. The molecule has 0 amide bonds. The van der Waals surface area contributed by atoms with E-state index in [0.29, 0.717) is 5.69 Å². The number of hydrogen-bond acceptors (Lipinski definition) is 3. The van der Waals surface area contributed by atoms with Crippen LogP contribution in [0.1, 0.15) is 51.7 Å². The van der Waals surface area contributed by atoms with E-state index in [0.717, 1.165) is 35.9 Å². The molecule has 2 aromatic carbocycles. The van der Waals surface area contributed by atoms with Crippen LogP contribution in [0.2, 0.25) is 0 Å². The van der Waals surface area contributed by atoms with Gasteiger partial charge in [-0.25, -0.2) is 0 Å². The summed E-state index contributed by atoms with van der Waals surface area (Å²) in [6.45, 7) is 8.70. The normalized spacial score (nSPS) is 12.0. The minimum absolute atomic E-state index is 0.00398. The fourth-order valence-electron chi connectivity index (χ4n) is 2.79.